The van der Waals surface area contributed by atoms with Gasteiger partial charge in [0, 0.05) is 18.3 Å². The van der Waals surface area contributed by atoms with Gasteiger partial charge in [0.2, 0.25) is 0 Å². The first-order valence-electron chi connectivity index (χ1n) is 11.1. The lowest BCUT2D eigenvalue weighted by Crippen LogP contribution is -2.06. The maximum absolute atomic E-state index is 11.6. The van der Waals surface area contributed by atoms with Gasteiger partial charge in [0.25, 0.3) is 0 Å². The van der Waals surface area contributed by atoms with Crippen molar-refractivity contribution in [1.82, 2.24) is 0 Å². The topological polar surface area (TPSA) is 58.6 Å². The van der Waals surface area contributed by atoms with Crippen LogP contribution in [0.1, 0.15) is 65.1 Å². The predicted molar refractivity (Wildman–Crippen MR) is 124 cm³/mol. The Morgan fingerprint density at radius 3 is 2.35 bits per heavy atom. The molecule has 0 saturated heterocycles. The Kier molecular flexibility index (Phi) is 6.88. The Hall–Kier alpha value is -3.27. The molecule has 0 spiro atoms. The summed E-state index contributed by atoms with van der Waals surface area (Å²) in [5.41, 5.74) is 4.65. The highest BCUT2D eigenvalue weighted by atomic mass is 16.5. The fraction of sp³-hybridized carbons (Fsp3) is 0.296. The number of aromatic carboxylic acids is 1. The van der Waals surface area contributed by atoms with Crippen molar-refractivity contribution < 1.29 is 14.6 Å². The molecule has 160 valence electrons. The van der Waals surface area contributed by atoms with E-state index in [4.69, 9.17) is 4.74 Å². The highest BCUT2D eigenvalue weighted by Crippen LogP contribution is 2.32. The van der Waals surface area contributed by atoms with Crippen molar-refractivity contribution in [3.05, 3.63) is 95.1 Å². The van der Waals surface area contributed by atoms with E-state index in [1.165, 1.54) is 43.2 Å². The smallest absolute Gasteiger partial charge is 0.339 e. The van der Waals surface area contributed by atoms with E-state index in [1.54, 1.807) is 18.2 Å². The monoisotopic (exact) mass is 415 g/mol. The maximum Gasteiger partial charge on any atom is 0.339 e. The standard InChI is InChI=1S/C27H29NO3/c29-27(30)25-16-15-24(17-26(25)31-19-21-7-3-1-4-8-21)28-18-20-11-13-23(14-12-20)22-9-5-2-6-10-22/h1,3-4,7-8,11-17,22,28H,2,5-6,9-10,18-19H2,(H,29,30). The summed E-state index contributed by atoms with van der Waals surface area (Å²) < 4.78 is 5.84. The van der Waals surface area contributed by atoms with Gasteiger partial charge in [-0.15, -0.1) is 0 Å². The van der Waals surface area contributed by atoms with Crippen molar-refractivity contribution in [3.63, 3.8) is 0 Å². The molecule has 4 heteroatoms. The fourth-order valence-electron chi connectivity index (χ4n) is 4.21. The Morgan fingerprint density at radius 2 is 1.65 bits per heavy atom. The third-order valence-corrected chi connectivity index (χ3v) is 6.00. The number of rotatable bonds is 8. The number of benzene rings is 3. The van der Waals surface area contributed by atoms with Crippen molar-refractivity contribution in [2.45, 2.75) is 51.2 Å². The predicted octanol–water partition coefficient (Wildman–Crippen LogP) is 6.62. The van der Waals surface area contributed by atoms with E-state index in [2.05, 4.69) is 29.6 Å². The Bertz CT molecular complexity index is 993. The van der Waals surface area contributed by atoms with E-state index < -0.39 is 5.97 Å². The zero-order valence-corrected chi connectivity index (χ0v) is 17.7. The summed E-state index contributed by atoms with van der Waals surface area (Å²) in [6.45, 7) is 1.00. The first-order chi connectivity index (χ1) is 15.2. The van der Waals surface area contributed by atoms with Crippen molar-refractivity contribution in [2.75, 3.05) is 5.32 Å². The number of carboxylic acids is 1. The minimum absolute atomic E-state index is 0.165. The third kappa shape index (κ3) is 5.66. The summed E-state index contributed by atoms with van der Waals surface area (Å²) in [4.78, 5) is 11.6. The van der Waals surface area contributed by atoms with Gasteiger partial charge < -0.3 is 15.2 Å². The van der Waals surface area contributed by atoms with E-state index in [0.29, 0.717) is 24.8 Å². The van der Waals surface area contributed by atoms with E-state index in [0.717, 1.165) is 11.3 Å². The molecule has 31 heavy (non-hydrogen) atoms. The lowest BCUT2D eigenvalue weighted by molar-refractivity contribution is 0.0692. The number of carboxylic acid groups (broad SMARTS) is 1. The number of anilines is 1. The van der Waals surface area contributed by atoms with Crippen molar-refractivity contribution >= 4 is 11.7 Å². The lowest BCUT2D eigenvalue weighted by Gasteiger charge is -2.22. The molecule has 1 aliphatic carbocycles. The largest absolute Gasteiger partial charge is 0.488 e. The van der Waals surface area contributed by atoms with Crippen LogP contribution in [0.4, 0.5) is 5.69 Å². The fourth-order valence-corrected chi connectivity index (χ4v) is 4.21. The quantitative estimate of drug-likeness (QED) is 0.434. The second-order valence-corrected chi connectivity index (χ2v) is 8.22. The molecule has 1 saturated carbocycles. The van der Waals surface area contributed by atoms with E-state index in [1.807, 2.05) is 30.3 Å². The molecule has 1 aliphatic rings. The Balaban J connectivity index is 1.40. The molecule has 4 nitrogen and oxygen atoms in total. The van der Waals surface area contributed by atoms with Gasteiger partial charge in [-0.1, -0.05) is 73.9 Å². The van der Waals surface area contributed by atoms with E-state index in [-0.39, 0.29) is 5.56 Å². The van der Waals surface area contributed by atoms with Gasteiger partial charge in [-0.3, -0.25) is 0 Å². The number of ether oxygens (including phenoxy) is 1. The van der Waals surface area contributed by atoms with Crippen LogP contribution in [0.5, 0.6) is 5.75 Å². The number of nitrogens with one attached hydrogen (secondary N) is 1. The van der Waals surface area contributed by atoms with Crippen LogP contribution in [0.3, 0.4) is 0 Å². The van der Waals surface area contributed by atoms with E-state index >= 15 is 0 Å². The molecule has 0 aliphatic heterocycles. The van der Waals surface area contributed by atoms with Gasteiger partial charge >= 0.3 is 5.97 Å². The summed E-state index contributed by atoms with van der Waals surface area (Å²) in [6, 6.07) is 23.8. The molecule has 0 unspecified atom stereocenters. The van der Waals surface area contributed by atoms with Gasteiger partial charge in [-0.25, -0.2) is 4.79 Å². The SMILES string of the molecule is O=C(O)c1ccc(NCc2ccc(C3CCCCC3)cc2)cc1OCc1ccccc1. The van der Waals surface area contributed by atoms with Gasteiger partial charge in [0.1, 0.15) is 17.9 Å². The summed E-state index contributed by atoms with van der Waals surface area (Å²) in [7, 11) is 0. The van der Waals surface area contributed by atoms with E-state index in [9.17, 15) is 9.90 Å². The number of hydrogen-bond acceptors (Lipinski definition) is 3. The first kappa shape index (κ1) is 21.0. The highest BCUT2D eigenvalue weighted by molar-refractivity contribution is 5.91. The van der Waals surface area contributed by atoms with Crippen LogP contribution in [0, 0.1) is 0 Å². The zero-order chi connectivity index (χ0) is 21.5. The lowest BCUT2D eigenvalue weighted by atomic mass is 9.84. The molecule has 3 aromatic carbocycles. The maximum atomic E-state index is 11.6. The highest BCUT2D eigenvalue weighted by Gasteiger charge is 2.15. The van der Waals surface area contributed by atoms with Crippen molar-refractivity contribution in [3.8, 4) is 5.75 Å². The van der Waals surface area contributed by atoms with Crippen LogP contribution in [0.25, 0.3) is 0 Å². The number of hydrogen-bond donors (Lipinski definition) is 2. The number of carbonyl (C=O) groups is 1. The van der Waals surface area contributed by atoms with Gasteiger partial charge in [-0.05, 0) is 47.6 Å². The normalized spacial score (nSPS) is 14.2. The average molecular weight is 416 g/mol. The van der Waals surface area contributed by atoms with Gasteiger partial charge in [0.05, 0.1) is 0 Å². The average Bonchev–Trinajstić information content (AvgIpc) is 2.83. The molecule has 0 bridgehead atoms. The molecule has 3 aromatic rings. The van der Waals surface area contributed by atoms with Gasteiger partial charge in [-0.2, -0.15) is 0 Å². The minimum atomic E-state index is -0.993. The van der Waals surface area contributed by atoms with Gasteiger partial charge in [0.15, 0.2) is 0 Å². The molecule has 2 N–H and O–H groups in total. The third-order valence-electron chi connectivity index (χ3n) is 6.00. The molecule has 0 atom stereocenters. The molecule has 1 fully saturated rings. The molecule has 4 rings (SSSR count). The summed E-state index contributed by atoms with van der Waals surface area (Å²) in [5.74, 6) is 0.0885. The minimum Gasteiger partial charge on any atom is -0.488 e. The van der Waals surface area contributed by atoms with Crippen molar-refractivity contribution in [1.29, 1.82) is 0 Å². The van der Waals surface area contributed by atoms with Crippen LogP contribution >= 0.6 is 0 Å². The summed E-state index contributed by atoms with van der Waals surface area (Å²) >= 11 is 0. The van der Waals surface area contributed by atoms with Crippen LogP contribution in [0.15, 0.2) is 72.8 Å². The van der Waals surface area contributed by atoms with Crippen LogP contribution in [0.2, 0.25) is 0 Å². The van der Waals surface area contributed by atoms with Crippen LogP contribution in [-0.2, 0) is 13.2 Å². The Labute approximate surface area is 183 Å². The molecule has 0 radical (unpaired) electrons. The molecule has 0 aromatic heterocycles. The van der Waals surface area contributed by atoms with Crippen LogP contribution < -0.4 is 10.1 Å². The summed E-state index contributed by atoms with van der Waals surface area (Å²) in [6.07, 6.45) is 6.67. The van der Waals surface area contributed by atoms with Crippen molar-refractivity contribution in [2.24, 2.45) is 0 Å². The second kappa shape index (κ2) is 10.2. The second-order valence-electron chi connectivity index (χ2n) is 8.22. The Morgan fingerprint density at radius 1 is 0.903 bits per heavy atom. The molecular weight excluding hydrogens is 386 g/mol. The molecule has 0 heterocycles. The first-order valence-corrected chi connectivity index (χ1v) is 11.1. The molecular formula is C27H29NO3. The molecule has 0 amide bonds. The zero-order valence-electron chi connectivity index (χ0n) is 17.7. The summed E-state index contributed by atoms with van der Waals surface area (Å²) in [5, 5.41) is 12.9. The van der Waals surface area contributed by atoms with Crippen LogP contribution in [-0.4, -0.2) is 11.1 Å².